The first-order valence-electron chi connectivity index (χ1n) is 6.75. The van der Waals surface area contributed by atoms with Crippen molar-refractivity contribution in [3.8, 4) is 0 Å². The number of nitrogens with one attached hydrogen (secondary N) is 2. The number of hydrogen-bond acceptors (Lipinski definition) is 4. The van der Waals surface area contributed by atoms with E-state index in [4.69, 9.17) is 27.9 Å². The lowest BCUT2D eigenvalue weighted by Crippen LogP contribution is -2.51. The first-order valence-corrected chi connectivity index (χ1v) is 7.50. The molecule has 21 heavy (non-hydrogen) atoms. The van der Waals surface area contributed by atoms with Gasteiger partial charge in [0.2, 0.25) is 0 Å². The van der Waals surface area contributed by atoms with Crippen molar-refractivity contribution in [1.29, 1.82) is 0 Å². The summed E-state index contributed by atoms with van der Waals surface area (Å²) in [4.78, 5) is 17.9. The molecule has 0 aromatic carbocycles. The second-order valence-corrected chi connectivity index (χ2v) is 5.60. The monoisotopic (exact) mass is 332 g/mol. The number of ether oxygens (including phenoxy) is 1. The van der Waals surface area contributed by atoms with Gasteiger partial charge in [-0.15, -0.1) is 0 Å². The molecule has 2 N–H and O–H groups in total. The number of carbonyl (C=O) groups excluding carboxylic acids is 1. The van der Waals surface area contributed by atoms with E-state index in [0.717, 1.165) is 0 Å². The molecule has 2 rings (SSSR count). The number of aromatic nitrogens is 1. The number of amides is 2. The van der Waals surface area contributed by atoms with E-state index in [0.29, 0.717) is 48.7 Å². The second kappa shape index (κ2) is 7.68. The molecule has 1 fully saturated rings. The molecule has 0 bridgehead atoms. The third-order valence-corrected chi connectivity index (χ3v) is 3.62. The summed E-state index contributed by atoms with van der Waals surface area (Å²) in [6.07, 6.45) is 1.52. The number of pyridine rings is 1. The highest BCUT2D eigenvalue weighted by Gasteiger charge is 2.23. The zero-order valence-electron chi connectivity index (χ0n) is 11.7. The topological polar surface area (TPSA) is 66.5 Å². The van der Waals surface area contributed by atoms with Crippen LogP contribution in [0.3, 0.4) is 0 Å². The molecule has 1 aromatic rings. The lowest BCUT2D eigenvalue weighted by molar-refractivity contribution is 0.0191. The summed E-state index contributed by atoms with van der Waals surface area (Å²) < 4.78 is 5.30. The Hall–Kier alpha value is -1.24. The second-order valence-electron chi connectivity index (χ2n) is 4.76. The van der Waals surface area contributed by atoms with Crippen LogP contribution in [0.25, 0.3) is 0 Å². The summed E-state index contributed by atoms with van der Waals surface area (Å²) in [7, 11) is 0. The van der Waals surface area contributed by atoms with Crippen molar-refractivity contribution < 1.29 is 9.53 Å². The van der Waals surface area contributed by atoms with E-state index in [1.807, 2.05) is 6.92 Å². The van der Waals surface area contributed by atoms with E-state index in [9.17, 15) is 4.79 Å². The number of nitrogens with zero attached hydrogens (tertiary/aromatic N) is 2. The van der Waals surface area contributed by atoms with E-state index in [1.54, 1.807) is 11.0 Å². The van der Waals surface area contributed by atoms with Gasteiger partial charge in [0.25, 0.3) is 0 Å². The lowest BCUT2D eigenvalue weighted by Gasteiger charge is -2.33. The highest BCUT2D eigenvalue weighted by molar-refractivity contribution is 6.35. The molecule has 0 radical (unpaired) electrons. The minimum atomic E-state index is -0.0808. The van der Waals surface area contributed by atoms with Crippen LogP contribution in [-0.2, 0) is 4.74 Å². The summed E-state index contributed by atoms with van der Waals surface area (Å²) in [6.45, 7) is 4.75. The summed E-state index contributed by atoms with van der Waals surface area (Å²) in [5.41, 5.74) is 0. The van der Waals surface area contributed by atoms with E-state index in [2.05, 4.69) is 15.6 Å². The molecule has 0 saturated carbocycles. The smallest absolute Gasteiger partial charge is 0.317 e. The predicted octanol–water partition coefficient (Wildman–Crippen LogP) is 2.23. The van der Waals surface area contributed by atoms with Crippen molar-refractivity contribution in [1.82, 2.24) is 15.2 Å². The minimum absolute atomic E-state index is 0.0808. The summed E-state index contributed by atoms with van der Waals surface area (Å²) in [5, 5.41) is 6.85. The molecule has 8 heteroatoms. The van der Waals surface area contributed by atoms with Gasteiger partial charge in [-0.05, 0) is 13.0 Å². The van der Waals surface area contributed by atoms with Gasteiger partial charge in [-0.25, -0.2) is 9.78 Å². The van der Waals surface area contributed by atoms with Crippen LogP contribution >= 0.6 is 23.2 Å². The van der Waals surface area contributed by atoms with Gasteiger partial charge in [-0.3, -0.25) is 0 Å². The van der Waals surface area contributed by atoms with Crippen LogP contribution in [0, 0.1) is 0 Å². The van der Waals surface area contributed by atoms with Crippen LogP contribution < -0.4 is 10.6 Å². The highest BCUT2D eigenvalue weighted by Crippen LogP contribution is 2.21. The Morgan fingerprint density at radius 3 is 3.05 bits per heavy atom. The Balaban J connectivity index is 1.73. The number of carbonyl (C=O) groups is 1. The normalized spacial score (nSPS) is 18.4. The first-order chi connectivity index (χ1) is 10.1. The van der Waals surface area contributed by atoms with Crippen LogP contribution in [-0.4, -0.2) is 54.8 Å². The van der Waals surface area contributed by atoms with Gasteiger partial charge >= 0.3 is 6.03 Å². The fourth-order valence-electron chi connectivity index (χ4n) is 2.03. The molecular formula is C13H18Cl2N4O2. The quantitative estimate of drug-likeness (QED) is 0.830. The molecular weight excluding hydrogens is 315 g/mol. The van der Waals surface area contributed by atoms with Crippen molar-refractivity contribution in [2.24, 2.45) is 0 Å². The molecule has 116 valence electrons. The fraction of sp³-hybridized carbons (Fsp3) is 0.538. The molecule has 1 saturated heterocycles. The number of halogens is 2. The van der Waals surface area contributed by atoms with Crippen LogP contribution in [0.2, 0.25) is 10.0 Å². The standard InChI is InChI=1S/C13H18Cl2N4O2/c1-9-8-21-5-4-19(9)13(20)17-3-2-16-12-11(15)6-10(14)7-18-12/h6-7,9H,2-5,8H2,1H3,(H,16,18)(H,17,20). The number of anilines is 1. The summed E-state index contributed by atoms with van der Waals surface area (Å²) >= 11 is 11.8. The molecule has 0 spiro atoms. The Morgan fingerprint density at radius 1 is 1.52 bits per heavy atom. The Morgan fingerprint density at radius 2 is 2.33 bits per heavy atom. The molecule has 1 unspecified atom stereocenters. The van der Waals surface area contributed by atoms with Crippen LogP contribution in [0.5, 0.6) is 0 Å². The Bertz CT molecular complexity index is 501. The van der Waals surface area contributed by atoms with Gasteiger partial charge in [-0.1, -0.05) is 23.2 Å². The van der Waals surface area contributed by atoms with Crippen molar-refractivity contribution in [3.63, 3.8) is 0 Å². The predicted molar refractivity (Wildman–Crippen MR) is 83.1 cm³/mol. The molecule has 1 aliphatic rings. The molecule has 2 amide bonds. The third-order valence-electron chi connectivity index (χ3n) is 3.13. The zero-order chi connectivity index (χ0) is 15.2. The maximum atomic E-state index is 12.0. The average Bonchev–Trinajstić information content (AvgIpc) is 2.45. The fourth-order valence-corrected chi connectivity index (χ4v) is 2.47. The number of hydrogen-bond donors (Lipinski definition) is 2. The van der Waals surface area contributed by atoms with Crippen LogP contribution in [0.4, 0.5) is 10.6 Å². The molecule has 1 aliphatic heterocycles. The van der Waals surface area contributed by atoms with Gasteiger partial charge < -0.3 is 20.3 Å². The molecule has 0 aliphatic carbocycles. The first kappa shape index (κ1) is 16.1. The van der Waals surface area contributed by atoms with Crippen molar-refractivity contribution >= 4 is 35.1 Å². The molecule has 1 atom stereocenters. The molecule has 1 aromatic heterocycles. The van der Waals surface area contributed by atoms with Gasteiger partial charge in [0.15, 0.2) is 0 Å². The van der Waals surface area contributed by atoms with Crippen molar-refractivity contribution in [2.75, 3.05) is 38.2 Å². The summed E-state index contributed by atoms with van der Waals surface area (Å²) in [5.74, 6) is 0.551. The largest absolute Gasteiger partial charge is 0.377 e. The third kappa shape index (κ3) is 4.62. The van der Waals surface area contributed by atoms with Gasteiger partial charge in [0, 0.05) is 25.8 Å². The van der Waals surface area contributed by atoms with E-state index in [1.165, 1.54) is 6.20 Å². The maximum absolute atomic E-state index is 12.0. The zero-order valence-corrected chi connectivity index (χ0v) is 13.2. The molecule has 2 heterocycles. The van der Waals surface area contributed by atoms with Gasteiger partial charge in [0.05, 0.1) is 29.3 Å². The maximum Gasteiger partial charge on any atom is 0.317 e. The van der Waals surface area contributed by atoms with Crippen LogP contribution in [0.1, 0.15) is 6.92 Å². The average molecular weight is 333 g/mol. The van der Waals surface area contributed by atoms with Gasteiger partial charge in [-0.2, -0.15) is 0 Å². The van der Waals surface area contributed by atoms with Gasteiger partial charge in [0.1, 0.15) is 5.82 Å². The number of morpholine rings is 1. The Labute approximate surface area is 133 Å². The summed E-state index contributed by atoms with van der Waals surface area (Å²) in [6, 6.07) is 1.63. The number of rotatable bonds is 4. The van der Waals surface area contributed by atoms with Crippen molar-refractivity contribution in [2.45, 2.75) is 13.0 Å². The van der Waals surface area contributed by atoms with E-state index < -0.39 is 0 Å². The SMILES string of the molecule is CC1COCCN1C(=O)NCCNc1ncc(Cl)cc1Cl. The Kier molecular flexibility index (Phi) is 5.90. The van der Waals surface area contributed by atoms with E-state index in [-0.39, 0.29) is 12.1 Å². The minimum Gasteiger partial charge on any atom is -0.377 e. The van der Waals surface area contributed by atoms with Crippen molar-refractivity contribution in [3.05, 3.63) is 22.3 Å². The highest BCUT2D eigenvalue weighted by atomic mass is 35.5. The number of urea groups is 1. The van der Waals surface area contributed by atoms with E-state index >= 15 is 0 Å². The van der Waals surface area contributed by atoms with Crippen LogP contribution in [0.15, 0.2) is 12.3 Å². The molecule has 6 nitrogen and oxygen atoms in total. The lowest BCUT2D eigenvalue weighted by atomic mass is 10.3.